The molecule has 0 saturated heterocycles. The van der Waals surface area contributed by atoms with E-state index in [0.29, 0.717) is 17.1 Å². The van der Waals surface area contributed by atoms with Crippen molar-refractivity contribution in [2.24, 2.45) is 12.9 Å². The van der Waals surface area contributed by atoms with Crippen LogP contribution in [0.4, 0.5) is 11.4 Å². The van der Waals surface area contributed by atoms with E-state index in [-0.39, 0.29) is 4.90 Å². The van der Waals surface area contributed by atoms with Crippen molar-refractivity contribution in [2.75, 3.05) is 10.1 Å². The summed E-state index contributed by atoms with van der Waals surface area (Å²) in [5.74, 6) is 5.23. The van der Waals surface area contributed by atoms with Gasteiger partial charge in [0.25, 0.3) is 10.0 Å². The van der Waals surface area contributed by atoms with Crippen LogP contribution in [-0.2, 0) is 17.1 Å². The van der Waals surface area contributed by atoms with Crippen molar-refractivity contribution in [1.29, 1.82) is 0 Å². The summed E-state index contributed by atoms with van der Waals surface area (Å²) in [4.78, 5) is 0.162. The number of hydrazine groups is 1. The predicted octanol–water partition coefficient (Wildman–Crippen LogP) is 0.815. The highest BCUT2D eigenvalue weighted by Crippen LogP contribution is 2.19. The molecule has 0 atom stereocenters. The summed E-state index contributed by atoms with van der Waals surface area (Å²) in [6.45, 7) is 1.74. The topological polar surface area (TPSA) is 102 Å². The Kier molecular flexibility index (Phi) is 3.45. The molecule has 0 aliphatic rings. The highest BCUT2D eigenvalue weighted by Gasteiger charge is 2.16. The Morgan fingerprint density at radius 1 is 1.26 bits per heavy atom. The van der Waals surface area contributed by atoms with Crippen LogP contribution in [0.15, 0.2) is 35.4 Å². The van der Waals surface area contributed by atoms with Crippen LogP contribution in [-0.4, -0.2) is 18.2 Å². The number of aryl methyl sites for hydroxylation is 2. The van der Waals surface area contributed by atoms with E-state index in [2.05, 4.69) is 15.2 Å². The van der Waals surface area contributed by atoms with Crippen LogP contribution < -0.4 is 16.0 Å². The first kappa shape index (κ1) is 13.4. The number of sulfonamides is 1. The predicted molar refractivity (Wildman–Crippen MR) is 73.0 cm³/mol. The number of aromatic nitrogens is 2. The van der Waals surface area contributed by atoms with Gasteiger partial charge in [-0.15, -0.1) is 0 Å². The minimum Gasteiger partial charge on any atom is -0.324 e. The second kappa shape index (κ2) is 4.90. The zero-order chi connectivity index (χ0) is 14.0. The normalized spacial score (nSPS) is 11.3. The summed E-state index contributed by atoms with van der Waals surface area (Å²) in [7, 11) is -1.89. The van der Waals surface area contributed by atoms with E-state index in [4.69, 9.17) is 5.84 Å². The van der Waals surface area contributed by atoms with Crippen LogP contribution in [0.2, 0.25) is 0 Å². The van der Waals surface area contributed by atoms with Crippen molar-refractivity contribution in [3.8, 4) is 0 Å². The molecule has 0 radical (unpaired) electrons. The van der Waals surface area contributed by atoms with Crippen LogP contribution >= 0.6 is 0 Å². The molecule has 2 aromatic rings. The molecule has 0 fully saturated rings. The van der Waals surface area contributed by atoms with Gasteiger partial charge in [0.15, 0.2) is 0 Å². The molecule has 0 aliphatic heterocycles. The smallest absolute Gasteiger partial charge is 0.262 e. The van der Waals surface area contributed by atoms with E-state index in [1.165, 1.54) is 12.1 Å². The fraction of sp³-hybridized carbons (Fsp3) is 0.182. The van der Waals surface area contributed by atoms with Crippen LogP contribution in [0.1, 0.15) is 5.69 Å². The molecule has 7 nitrogen and oxygen atoms in total. The fourth-order valence-corrected chi connectivity index (χ4v) is 2.74. The van der Waals surface area contributed by atoms with Gasteiger partial charge < -0.3 is 5.43 Å². The summed E-state index contributed by atoms with van der Waals surface area (Å²) >= 11 is 0. The molecule has 0 amide bonds. The molecule has 0 aliphatic carbocycles. The second-order valence-electron chi connectivity index (χ2n) is 4.08. The molecule has 102 valence electrons. The van der Waals surface area contributed by atoms with Gasteiger partial charge in [0.1, 0.15) is 0 Å². The summed E-state index contributed by atoms with van der Waals surface area (Å²) in [6, 6.07) is 6.13. The number of nitrogens with zero attached hydrogens (tertiary/aromatic N) is 2. The molecule has 0 saturated carbocycles. The lowest BCUT2D eigenvalue weighted by Crippen LogP contribution is -2.13. The van der Waals surface area contributed by atoms with Gasteiger partial charge in [-0.3, -0.25) is 15.2 Å². The maximum atomic E-state index is 12.2. The summed E-state index contributed by atoms with van der Waals surface area (Å²) < 4.78 is 28.4. The SMILES string of the molecule is Cc1nn(C)cc1NS(=O)(=O)c1ccc(NN)cc1. The molecular formula is C11H15N5O2S. The van der Waals surface area contributed by atoms with Crippen LogP contribution in [0.3, 0.4) is 0 Å². The van der Waals surface area contributed by atoms with Crippen molar-refractivity contribution in [3.63, 3.8) is 0 Å². The maximum absolute atomic E-state index is 12.2. The number of nitrogens with two attached hydrogens (primary N) is 1. The van der Waals surface area contributed by atoms with Gasteiger partial charge >= 0.3 is 0 Å². The number of benzene rings is 1. The second-order valence-corrected chi connectivity index (χ2v) is 5.76. The van der Waals surface area contributed by atoms with E-state index in [0.717, 1.165) is 0 Å². The first-order valence-electron chi connectivity index (χ1n) is 5.52. The zero-order valence-corrected chi connectivity index (χ0v) is 11.4. The van der Waals surface area contributed by atoms with Gasteiger partial charge in [0, 0.05) is 18.9 Å². The number of nitrogen functional groups attached to an aromatic ring is 1. The minimum absolute atomic E-state index is 0.162. The number of hydrogen-bond acceptors (Lipinski definition) is 5. The van der Waals surface area contributed by atoms with Crippen molar-refractivity contribution >= 4 is 21.4 Å². The molecule has 1 aromatic heterocycles. The Labute approximate surface area is 111 Å². The van der Waals surface area contributed by atoms with E-state index < -0.39 is 10.0 Å². The average Bonchev–Trinajstić information content (AvgIpc) is 2.67. The molecular weight excluding hydrogens is 266 g/mol. The van der Waals surface area contributed by atoms with Crippen molar-refractivity contribution < 1.29 is 8.42 Å². The van der Waals surface area contributed by atoms with E-state index in [9.17, 15) is 8.42 Å². The Bertz CT molecular complexity index is 676. The lowest BCUT2D eigenvalue weighted by atomic mass is 10.3. The number of anilines is 2. The molecule has 2 rings (SSSR count). The monoisotopic (exact) mass is 281 g/mol. The number of nitrogens with one attached hydrogen (secondary N) is 2. The third kappa shape index (κ3) is 2.85. The van der Waals surface area contributed by atoms with Crippen LogP contribution in [0, 0.1) is 6.92 Å². The maximum Gasteiger partial charge on any atom is 0.262 e. The third-order valence-electron chi connectivity index (χ3n) is 2.59. The van der Waals surface area contributed by atoms with Crippen molar-refractivity contribution in [3.05, 3.63) is 36.2 Å². The fourth-order valence-electron chi connectivity index (χ4n) is 1.63. The largest absolute Gasteiger partial charge is 0.324 e. The number of hydrogen-bond donors (Lipinski definition) is 3. The summed E-state index contributed by atoms with van der Waals surface area (Å²) in [5.41, 5.74) is 4.15. The molecule has 0 spiro atoms. The molecule has 1 heterocycles. The molecule has 4 N–H and O–H groups in total. The standard InChI is InChI=1S/C11H15N5O2S/c1-8-11(7-16(2)14-8)15-19(17,18)10-5-3-9(13-12)4-6-10/h3-7,13,15H,12H2,1-2H3. The molecule has 0 unspecified atom stereocenters. The lowest BCUT2D eigenvalue weighted by molar-refractivity contribution is 0.601. The highest BCUT2D eigenvalue weighted by molar-refractivity contribution is 7.92. The molecule has 8 heteroatoms. The zero-order valence-electron chi connectivity index (χ0n) is 10.6. The summed E-state index contributed by atoms with van der Waals surface area (Å²) in [6.07, 6.45) is 1.61. The van der Waals surface area contributed by atoms with Gasteiger partial charge in [-0.2, -0.15) is 5.10 Å². The highest BCUT2D eigenvalue weighted by atomic mass is 32.2. The van der Waals surface area contributed by atoms with Crippen LogP contribution in [0.5, 0.6) is 0 Å². The Morgan fingerprint density at radius 2 is 1.89 bits per heavy atom. The lowest BCUT2D eigenvalue weighted by Gasteiger charge is -2.07. The minimum atomic E-state index is -3.62. The van der Waals surface area contributed by atoms with E-state index >= 15 is 0 Å². The third-order valence-corrected chi connectivity index (χ3v) is 3.97. The average molecular weight is 281 g/mol. The Morgan fingerprint density at radius 3 is 2.37 bits per heavy atom. The van der Waals surface area contributed by atoms with Crippen molar-refractivity contribution in [1.82, 2.24) is 9.78 Å². The Balaban J connectivity index is 2.29. The van der Waals surface area contributed by atoms with Crippen molar-refractivity contribution in [2.45, 2.75) is 11.8 Å². The molecule has 19 heavy (non-hydrogen) atoms. The summed E-state index contributed by atoms with van der Waals surface area (Å²) in [5, 5.41) is 4.08. The number of rotatable bonds is 4. The van der Waals surface area contributed by atoms with Gasteiger partial charge in [0.05, 0.1) is 16.3 Å². The quantitative estimate of drug-likeness (QED) is 0.568. The Hall–Kier alpha value is -2.06. The first-order valence-corrected chi connectivity index (χ1v) is 7.00. The van der Waals surface area contributed by atoms with Gasteiger partial charge in [-0.05, 0) is 31.2 Å². The van der Waals surface area contributed by atoms with Gasteiger partial charge in [-0.1, -0.05) is 0 Å². The first-order chi connectivity index (χ1) is 8.92. The van der Waals surface area contributed by atoms with E-state index in [1.807, 2.05) is 0 Å². The van der Waals surface area contributed by atoms with Crippen LogP contribution in [0.25, 0.3) is 0 Å². The van der Waals surface area contributed by atoms with Gasteiger partial charge in [-0.25, -0.2) is 8.42 Å². The van der Waals surface area contributed by atoms with Gasteiger partial charge in [0.2, 0.25) is 0 Å². The van der Waals surface area contributed by atoms with E-state index in [1.54, 1.807) is 37.0 Å². The molecule has 1 aromatic carbocycles. The molecule has 0 bridgehead atoms.